The third kappa shape index (κ3) is 3.73. The summed E-state index contributed by atoms with van der Waals surface area (Å²) in [6.07, 6.45) is 7.41. The van der Waals surface area contributed by atoms with Crippen molar-refractivity contribution in [2.75, 3.05) is 13.1 Å². The molecule has 4 aromatic rings. The summed E-state index contributed by atoms with van der Waals surface area (Å²) in [5, 5.41) is 4.55. The van der Waals surface area contributed by atoms with Crippen LogP contribution in [-0.4, -0.2) is 49.0 Å². The molecule has 1 aliphatic heterocycles. The Labute approximate surface area is 170 Å². The summed E-state index contributed by atoms with van der Waals surface area (Å²) in [7, 11) is 0. The van der Waals surface area contributed by atoms with Crippen LogP contribution in [0, 0.1) is 5.92 Å². The first-order valence-corrected chi connectivity index (χ1v) is 10.3. The van der Waals surface area contributed by atoms with Crippen molar-refractivity contribution in [3.63, 3.8) is 0 Å². The number of amides is 1. The van der Waals surface area contributed by atoms with Gasteiger partial charge < -0.3 is 9.42 Å². The molecule has 0 aliphatic carbocycles. The van der Waals surface area contributed by atoms with Crippen molar-refractivity contribution < 1.29 is 9.32 Å². The van der Waals surface area contributed by atoms with Gasteiger partial charge in [0.15, 0.2) is 5.01 Å². The number of para-hydroxylation sites is 1. The van der Waals surface area contributed by atoms with E-state index in [1.54, 1.807) is 18.6 Å². The molecule has 1 saturated heterocycles. The van der Waals surface area contributed by atoms with E-state index in [-0.39, 0.29) is 11.8 Å². The predicted octanol–water partition coefficient (Wildman–Crippen LogP) is 3.23. The van der Waals surface area contributed by atoms with Gasteiger partial charge in [-0.3, -0.25) is 9.78 Å². The van der Waals surface area contributed by atoms with E-state index in [1.165, 1.54) is 11.3 Å². The minimum atomic E-state index is 0.00155. The van der Waals surface area contributed by atoms with Gasteiger partial charge in [0.2, 0.25) is 11.7 Å². The second kappa shape index (κ2) is 7.67. The van der Waals surface area contributed by atoms with Gasteiger partial charge in [-0.25, -0.2) is 9.97 Å². The lowest BCUT2D eigenvalue weighted by Crippen LogP contribution is -2.40. The molecule has 1 aromatic carbocycles. The van der Waals surface area contributed by atoms with Gasteiger partial charge in [0, 0.05) is 31.9 Å². The van der Waals surface area contributed by atoms with Crippen LogP contribution in [0.5, 0.6) is 0 Å². The third-order valence-corrected chi connectivity index (χ3v) is 6.03. The summed E-state index contributed by atoms with van der Waals surface area (Å²) in [5.74, 6) is 1.27. The topological polar surface area (TPSA) is 97.9 Å². The number of fused-ring (bicyclic) bond motifs is 1. The van der Waals surface area contributed by atoms with Crippen LogP contribution in [0.4, 0.5) is 0 Å². The van der Waals surface area contributed by atoms with E-state index < -0.39 is 0 Å². The van der Waals surface area contributed by atoms with E-state index in [9.17, 15) is 4.79 Å². The number of benzene rings is 1. The highest BCUT2D eigenvalue weighted by atomic mass is 32.1. The molecule has 3 aromatic heterocycles. The van der Waals surface area contributed by atoms with Crippen LogP contribution in [0.25, 0.3) is 21.7 Å². The molecule has 0 spiro atoms. The van der Waals surface area contributed by atoms with Crippen LogP contribution < -0.4 is 0 Å². The number of piperidine rings is 1. The van der Waals surface area contributed by atoms with Crippen molar-refractivity contribution in [1.82, 2.24) is 30.0 Å². The van der Waals surface area contributed by atoms with Crippen LogP contribution in [0.2, 0.25) is 0 Å². The second-order valence-electron chi connectivity index (χ2n) is 7.05. The number of aromatic nitrogens is 5. The molecule has 0 unspecified atom stereocenters. The Morgan fingerprint density at radius 1 is 1.24 bits per heavy atom. The van der Waals surface area contributed by atoms with Gasteiger partial charge in [-0.1, -0.05) is 17.3 Å². The van der Waals surface area contributed by atoms with E-state index >= 15 is 0 Å². The Morgan fingerprint density at radius 3 is 3.03 bits per heavy atom. The van der Waals surface area contributed by atoms with E-state index in [0.29, 0.717) is 35.4 Å². The molecule has 29 heavy (non-hydrogen) atoms. The fraction of sp³-hybridized carbons (Fsp3) is 0.300. The highest BCUT2D eigenvalue weighted by Gasteiger charge is 2.28. The summed E-state index contributed by atoms with van der Waals surface area (Å²) in [6.45, 7) is 1.41. The maximum Gasteiger partial charge on any atom is 0.282 e. The van der Waals surface area contributed by atoms with Gasteiger partial charge in [-0.15, -0.1) is 11.3 Å². The zero-order chi connectivity index (χ0) is 19.6. The molecule has 0 saturated carbocycles. The van der Waals surface area contributed by atoms with Crippen LogP contribution in [0.15, 0.2) is 47.4 Å². The van der Waals surface area contributed by atoms with Crippen LogP contribution in [-0.2, 0) is 6.42 Å². The SMILES string of the molecule is O=C(c1nc2ccccc2s1)N1CCC[C@H](Cc2nc(-c3cnccn3)no2)C1. The van der Waals surface area contributed by atoms with Crippen molar-refractivity contribution in [2.24, 2.45) is 5.92 Å². The van der Waals surface area contributed by atoms with Gasteiger partial charge >= 0.3 is 0 Å². The summed E-state index contributed by atoms with van der Waals surface area (Å²) >= 11 is 1.45. The number of likely N-dealkylation sites (tertiary alicyclic amines) is 1. The molecule has 8 nitrogen and oxygen atoms in total. The molecule has 4 heterocycles. The number of hydrogen-bond donors (Lipinski definition) is 0. The molecule has 5 rings (SSSR count). The largest absolute Gasteiger partial charge is 0.339 e. The summed E-state index contributed by atoms with van der Waals surface area (Å²) in [4.78, 5) is 32.0. The standard InChI is InChI=1S/C20H18N6O2S/c27-20(19-23-14-5-1-2-6-16(14)29-19)26-9-3-4-13(12-26)10-17-24-18(25-28-17)15-11-21-7-8-22-15/h1-2,5-8,11,13H,3-4,9-10,12H2/t13-/m1/s1. The van der Waals surface area contributed by atoms with Crippen molar-refractivity contribution in [3.05, 3.63) is 53.8 Å². The molecule has 1 atom stereocenters. The normalized spacial score (nSPS) is 17.0. The molecular weight excluding hydrogens is 388 g/mol. The third-order valence-electron chi connectivity index (χ3n) is 5.01. The quantitative estimate of drug-likeness (QED) is 0.513. The monoisotopic (exact) mass is 406 g/mol. The molecule has 0 radical (unpaired) electrons. The Bertz CT molecular complexity index is 1110. The fourth-order valence-electron chi connectivity index (χ4n) is 3.62. The first-order chi connectivity index (χ1) is 14.3. The molecule has 9 heteroatoms. The summed E-state index contributed by atoms with van der Waals surface area (Å²) in [6, 6.07) is 7.83. The first-order valence-electron chi connectivity index (χ1n) is 9.50. The number of rotatable bonds is 4. The van der Waals surface area contributed by atoms with Crippen molar-refractivity contribution >= 4 is 27.5 Å². The van der Waals surface area contributed by atoms with E-state index in [2.05, 4.69) is 25.1 Å². The van der Waals surface area contributed by atoms with Crippen LogP contribution >= 0.6 is 11.3 Å². The highest BCUT2D eigenvalue weighted by molar-refractivity contribution is 7.20. The van der Waals surface area contributed by atoms with E-state index in [4.69, 9.17) is 4.52 Å². The smallest absolute Gasteiger partial charge is 0.282 e. The molecule has 1 aliphatic rings. The number of nitrogens with zero attached hydrogens (tertiary/aromatic N) is 6. The highest BCUT2D eigenvalue weighted by Crippen LogP contribution is 2.26. The zero-order valence-corrected chi connectivity index (χ0v) is 16.4. The van der Waals surface area contributed by atoms with E-state index in [0.717, 1.165) is 29.6 Å². The molecule has 0 bridgehead atoms. The molecule has 0 N–H and O–H groups in total. The maximum absolute atomic E-state index is 13.0. The predicted molar refractivity (Wildman–Crippen MR) is 107 cm³/mol. The second-order valence-corrected chi connectivity index (χ2v) is 8.08. The zero-order valence-electron chi connectivity index (χ0n) is 15.6. The average Bonchev–Trinajstić information content (AvgIpc) is 3.41. The minimum absolute atomic E-state index is 0.00155. The van der Waals surface area contributed by atoms with Gasteiger partial charge in [-0.2, -0.15) is 4.98 Å². The lowest BCUT2D eigenvalue weighted by molar-refractivity contribution is 0.0668. The summed E-state index contributed by atoms with van der Waals surface area (Å²) in [5.41, 5.74) is 1.45. The van der Waals surface area contributed by atoms with Gasteiger partial charge in [0.25, 0.3) is 5.91 Å². The molecule has 1 amide bonds. The average molecular weight is 406 g/mol. The van der Waals surface area contributed by atoms with Crippen LogP contribution in [0.1, 0.15) is 28.5 Å². The van der Waals surface area contributed by atoms with Gasteiger partial charge in [0.05, 0.1) is 16.4 Å². The van der Waals surface area contributed by atoms with Crippen LogP contribution in [0.3, 0.4) is 0 Å². The number of thiazole rings is 1. The van der Waals surface area contributed by atoms with Gasteiger partial charge in [-0.05, 0) is 30.9 Å². The minimum Gasteiger partial charge on any atom is -0.339 e. The van der Waals surface area contributed by atoms with E-state index in [1.807, 2.05) is 29.2 Å². The number of hydrogen-bond acceptors (Lipinski definition) is 8. The van der Waals surface area contributed by atoms with Crippen molar-refractivity contribution in [3.8, 4) is 11.5 Å². The molecular formula is C20H18N6O2S. The Balaban J connectivity index is 1.27. The number of carbonyl (C=O) groups excluding carboxylic acids is 1. The number of carbonyl (C=O) groups is 1. The van der Waals surface area contributed by atoms with Gasteiger partial charge in [0.1, 0.15) is 5.69 Å². The molecule has 146 valence electrons. The Kier molecular flexibility index (Phi) is 4.73. The first kappa shape index (κ1) is 17.9. The Morgan fingerprint density at radius 2 is 2.17 bits per heavy atom. The fourth-order valence-corrected chi connectivity index (χ4v) is 4.55. The maximum atomic E-state index is 13.0. The molecule has 1 fully saturated rings. The Hall–Kier alpha value is -3.20. The lowest BCUT2D eigenvalue weighted by atomic mass is 9.94. The van der Waals surface area contributed by atoms with Crippen molar-refractivity contribution in [1.29, 1.82) is 0 Å². The summed E-state index contributed by atoms with van der Waals surface area (Å²) < 4.78 is 6.43. The van der Waals surface area contributed by atoms with Crippen molar-refractivity contribution in [2.45, 2.75) is 19.3 Å². The lowest BCUT2D eigenvalue weighted by Gasteiger charge is -2.31.